The van der Waals surface area contributed by atoms with Crippen LogP contribution in [0.15, 0.2) is 30.3 Å². The zero-order valence-corrected chi connectivity index (χ0v) is 11.6. The highest BCUT2D eigenvalue weighted by molar-refractivity contribution is 5.42. The first kappa shape index (κ1) is 12.7. The maximum Gasteiger partial charge on any atom is 0.0666 e. The van der Waals surface area contributed by atoms with E-state index in [1.807, 2.05) is 18.2 Å². The number of anilines is 1. The summed E-state index contributed by atoms with van der Waals surface area (Å²) in [7, 11) is 0. The molecule has 0 radical (unpaired) electrons. The summed E-state index contributed by atoms with van der Waals surface area (Å²) in [5.41, 5.74) is 4.83. The lowest BCUT2D eigenvalue weighted by Gasteiger charge is -2.16. The van der Waals surface area contributed by atoms with Crippen molar-refractivity contribution >= 4 is 5.69 Å². The van der Waals surface area contributed by atoms with Crippen molar-refractivity contribution in [3.05, 3.63) is 47.3 Å². The third kappa shape index (κ3) is 2.55. The Kier molecular flexibility index (Phi) is 3.70. The topological polar surface area (TPSA) is 29.9 Å². The van der Waals surface area contributed by atoms with Crippen LogP contribution in [0.4, 0.5) is 5.69 Å². The maximum absolute atomic E-state index is 4.60. The lowest BCUT2D eigenvalue weighted by molar-refractivity contribution is 0.497. The van der Waals surface area contributed by atoms with Gasteiger partial charge in [0.2, 0.25) is 0 Å². The van der Waals surface area contributed by atoms with E-state index in [0.29, 0.717) is 6.04 Å². The normalized spacial score (nSPS) is 12.4. The minimum Gasteiger partial charge on any atom is -0.383 e. The standard InChI is InChI=1S/C15H21N3/c1-11(10-16-15-8-6-5-7-9-15)18-14(4)12(2)13(3)17-18/h5-9,11,16H,10H2,1-4H3. The van der Waals surface area contributed by atoms with Crippen LogP contribution >= 0.6 is 0 Å². The van der Waals surface area contributed by atoms with Crippen molar-refractivity contribution in [2.75, 3.05) is 11.9 Å². The van der Waals surface area contributed by atoms with Crippen LogP contribution < -0.4 is 5.32 Å². The van der Waals surface area contributed by atoms with Gasteiger partial charge in [0.25, 0.3) is 0 Å². The summed E-state index contributed by atoms with van der Waals surface area (Å²) in [6.45, 7) is 9.40. The Balaban J connectivity index is 2.04. The van der Waals surface area contributed by atoms with Crippen molar-refractivity contribution in [3.63, 3.8) is 0 Å². The molecule has 1 atom stereocenters. The second-order valence-corrected chi connectivity index (χ2v) is 4.84. The molecule has 1 unspecified atom stereocenters. The molecule has 1 aromatic carbocycles. The number of aryl methyl sites for hydroxylation is 1. The maximum atomic E-state index is 4.60. The van der Waals surface area contributed by atoms with Crippen LogP contribution in [0.25, 0.3) is 0 Å². The number of para-hydroxylation sites is 1. The van der Waals surface area contributed by atoms with E-state index in [0.717, 1.165) is 17.9 Å². The third-order valence-corrected chi connectivity index (χ3v) is 3.48. The van der Waals surface area contributed by atoms with Gasteiger partial charge in [-0.15, -0.1) is 0 Å². The van der Waals surface area contributed by atoms with Crippen LogP contribution in [0, 0.1) is 20.8 Å². The number of rotatable bonds is 4. The number of aromatic nitrogens is 2. The van der Waals surface area contributed by atoms with Crippen LogP contribution in [0.5, 0.6) is 0 Å². The Morgan fingerprint density at radius 1 is 1.17 bits per heavy atom. The van der Waals surface area contributed by atoms with Gasteiger partial charge in [-0.05, 0) is 45.4 Å². The minimum atomic E-state index is 0.345. The molecule has 18 heavy (non-hydrogen) atoms. The number of nitrogens with zero attached hydrogens (tertiary/aromatic N) is 2. The van der Waals surface area contributed by atoms with E-state index in [2.05, 4.69) is 54.9 Å². The molecule has 0 saturated heterocycles. The largest absolute Gasteiger partial charge is 0.383 e. The van der Waals surface area contributed by atoms with Gasteiger partial charge < -0.3 is 5.32 Å². The quantitative estimate of drug-likeness (QED) is 0.891. The van der Waals surface area contributed by atoms with E-state index >= 15 is 0 Å². The highest BCUT2D eigenvalue weighted by Gasteiger charge is 2.12. The van der Waals surface area contributed by atoms with E-state index in [1.54, 1.807) is 0 Å². The molecule has 0 spiro atoms. The molecule has 0 saturated carbocycles. The number of hydrogen-bond acceptors (Lipinski definition) is 2. The Labute approximate surface area is 109 Å². The molecular formula is C15H21N3. The molecule has 0 amide bonds. The molecule has 2 aromatic rings. The van der Waals surface area contributed by atoms with Crippen molar-refractivity contribution in [3.8, 4) is 0 Å². The molecule has 2 rings (SSSR count). The van der Waals surface area contributed by atoms with Crippen molar-refractivity contribution < 1.29 is 0 Å². The first-order valence-corrected chi connectivity index (χ1v) is 6.41. The van der Waals surface area contributed by atoms with Crippen LogP contribution in [-0.2, 0) is 0 Å². The molecule has 0 aliphatic carbocycles. The smallest absolute Gasteiger partial charge is 0.0666 e. The lowest BCUT2D eigenvalue weighted by atomic mass is 10.2. The second kappa shape index (κ2) is 5.25. The van der Waals surface area contributed by atoms with Crippen LogP contribution in [-0.4, -0.2) is 16.3 Å². The van der Waals surface area contributed by atoms with Crippen LogP contribution in [0.3, 0.4) is 0 Å². The fourth-order valence-corrected chi connectivity index (χ4v) is 2.08. The average molecular weight is 243 g/mol. The number of hydrogen-bond donors (Lipinski definition) is 1. The summed E-state index contributed by atoms with van der Waals surface area (Å²) in [5.74, 6) is 0. The highest BCUT2D eigenvalue weighted by Crippen LogP contribution is 2.16. The van der Waals surface area contributed by atoms with Crippen LogP contribution in [0.1, 0.15) is 29.9 Å². The van der Waals surface area contributed by atoms with E-state index in [9.17, 15) is 0 Å². The van der Waals surface area contributed by atoms with Crippen molar-refractivity contribution in [2.45, 2.75) is 33.7 Å². The molecule has 1 heterocycles. The number of nitrogens with one attached hydrogen (secondary N) is 1. The Bertz CT molecular complexity index is 514. The summed E-state index contributed by atoms with van der Waals surface area (Å²) < 4.78 is 2.11. The molecule has 3 nitrogen and oxygen atoms in total. The molecule has 0 fully saturated rings. The molecule has 96 valence electrons. The summed E-state index contributed by atoms with van der Waals surface area (Å²) in [4.78, 5) is 0. The monoisotopic (exact) mass is 243 g/mol. The zero-order chi connectivity index (χ0) is 13.1. The molecule has 0 aliphatic rings. The second-order valence-electron chi connectivity index (χ2n) is 4.84. The summed E-state index contributed by atoms with van der Waals surface area (Å²) in [5, 5.41) is 8.04. The molecule has 1 aromatic heterocycles. The highest BCUT2D eigenvalue weighted by atomic mass is 15.3. The lowest BCUT2D eigenvalue weighted by Crippen LogP contribution is -2.18. The van der Waals surface area contributed by atoms with Gasteiger partial charge in [-0.3, -0.25) is 4.68 Å². The SMILES string of the molecule is Cc1nn(C(C)CNc2ccccc2)c(C)c1C. The predicted octanol–water partition coefficient (Wildman–Crippen LogP) is 3.48. The van der Waals surface area contributed by atoms with E-state index in [-0.39, 0.29) is 0 Å². The van der Waals surface area contributed by atoms with Gasteiger partial charge in [-0.1, -0.05) is 18.2 Å². The third-order valence-electron chi connectivity index (χ3n) is 3.48. The minimum absolute atomic E-state index is 0.345. The fourth-order valence-electron chi connectivity index (χ4n) is 2.08. The number of benzene rings is 1. The van der Waals surface area contributed by atoms with E-state index < -0.39 is 0 Å². The van der Waals surface area contributed by atoms with Crippen LogP contribution in [0.2, 0.25) is 0 Å². The van der Waals surface area contributed by atoms with Gasteiger partial charge in [0.15, 0.2) is 0 Å². The fraction of sp³-hybridized carbons (Fsp3) is 0.400. The molecule has 1 N–H and O–H groups in total. The van der Waals surface area contributed by atoms with E-state index in [1.165, 1.54) is 11.3 Å². The first-order chi connectivity index (χ1) is 8.59. The first-order valence-electron chi connectivity index (χ1n) is 6.41. The average Bonchev–Trinajstić information content (AvgIpc) is 2.65. The molecule has 3 heteroatoms. The van der Waals surface area contributed by atoms with Gasteiger partial charge in [0, 0.05) is 17.9 Å². The summed E-state index contributed by atoms with van der Waals surface area (Å²) in [6, 6.07) is 10.6. The van der Waals surface area contributed by atoms with Gasteiger partial charge in [-0.2, -0.15) is 5.10 Å². The van der Waals surface area contributed by atoms with Gasteiger partial charge in [-0.25, -0.2) is 0 Å². The molecular weight excluding hydrogens is 222 g/mol. The van der Waals surface area contributed by atoms with Crippen molar-refractivity contribution in [1.29, 1.82) is 0 Å². The predicted molar refractivity (Wildman–Crippen MR) is 76.1 cm³/mol. The Morgan fingerprint density at radius 3 is 2.39 bits per heavy atom. The van der Waals surface area contributed by atoms with Gasteiger partial charge in [0.1, 0.15) is 0 Å². The molecule has 0 bridgehead atoms. The van der Waals surface area contributed by atoms with Crippen molar-refractivity contribution in [1.82, 2.24) is 9.78 Å². The molecule has 0 aliphatic heterocycles. The Hall–Kier alpha value is -1.77. The zero-order valence-electron chi connectivity index (χ0n) is 11.6. The summed E-state index contributed by atoms with van der Waals surface area (Å²) in [6.07, 6.45) is 0. The van der Waals surface area contributed by atoms with E-state index in [4.69, 9.17) is 0 Å². The Morgan fingerprint density at radius 2 is 1.83 bits per heavy atom. The summed E-state index contributed by atoms with van der Waals surface area (Å²) >= 11 is 0. The van der Waals surface area contributed by atoms with Crippen molar-refractivity contribution in [2.24, 2.45) is 0 Å². The van der Waals surface area contributed by atoms with Gasteiger partial charge in [0.05, 0.1) is 11.7 Å². The van der Waals surface area contributed by atoms with Gasteiger partial charge >= 0.3 is 0 Å².